The maximum atomic E-state index is 10.9. The summed E-state index contributed by atoms with van der Waals surface area (Å²) in [5.74, 6) is 0.646. The quantitative estimate of drug-likeness (QED) is 0.765. The average Bonchev–Trinajstić information content (AvgIpc) is 2.31. The number of hydrogen-bond donors (Lipinski definition) is 1. The van der Waals surface area contributed by atoms with E-state index in [0.717, 1.165) is 10.5 Å². The van der Waals surface area contributed by atoms with Crippen molar-refractivity contribution in [3.63, 3.8) is 0 Å². The summed E-state index contributed by atoms with van der Waals surface area (Å²) in [5.41, 5.74) is 0.749. The van der Waals surface area contributed by atoms with Gasteiger partial charge in [-0.05, 0) is 13.0 Å². The van der Waals surface area contributed by atoms with Gasteiger partial charge in [-0.25, -0.2) is 4.79 Å². The van der Waals surface area contributed by atoms with Crippen LogP contribution in [-0.2, 0) is 11.3 Å². The molecule has 0 bridgehead atoms. The van der Waals surface area contributed by atoms with Gasteiger partial charge in [0.25, 0.3) is 0 Å². The SMILES string of the molecule is CCOc1ccccc1CN(CC=O)C(=O)O. The second kappa shape index (κ2) is 6.52. The average molecular weight is 237 g/mol. The van der Waals surface area contributed by atoms with Crippen molar-refractivity contribution in [1.29, 1.82) is 0 Å². The van der Waals surface area contributed by atoms with Crippen LogP contribution in [0.25, 0.3) is 0 Å². The van der Waals surface area contributed by atoms with Gasteiger partial charge in [-0.2, -0.15) is 0 Å². The molecule has 1 amide bonds. The van der Waals surface area contributed by atoms with Gasteiger partial charge in [0.15, 0.2) is 0 Å². The Morgan fingerprint density at radius 2 is 2.18 bits per heavy atom. The number of carbonyl (C=O) groups is 2. The van der Waals surface area contributed by atoms with Gasteiger partial charge >= 0.3 is 6.09 Å². The van der Waals surface area contributed by atoms with E-state index in [0.29, 0.717) is 18.6 Å². The maximum Gasteiger partial charge on any atom is 0.407 e. The smallest absolute Gasteiger partial charge is 0.407 e. The summed E-state index contributed by atoms with van der Waals surface area (Å²) in [6, 6.07) is 7.18. The van der Waals surface area contributed by atoms with E-state index in [2.05, 4.69) is 0 Å². The van der Waals surface area contributed by atoms with Crippen LogP contribution >= 0.6 is 0 Å². The van der Waals surface area contributed by atoms with Crippen molar-refractivity contribution >= 4 is 12.4 Å². The Hall–Kier alpha value is -2.04. The van der Waals surface area contributed by atoms with E-state index < -0.39 is 6.09 Å². The minimum absolute atomic E-state index is 0.143. The predicted molar refractivity (Wildman–Crippen MR) is 62.1 cm³/mol. The van der Waals surface area contributed by atoms with Gasteiger partial charge in [-0.3, -0.25) is 4.90 Å². The van der Waals surface area contributed by atoms with E-state index in [1.807, 2.05) is 13.0 Å². The normalized spacial score (nSPS) is 9.71. The summed E-state index contributed by atoms with van der Waals surface area (Å²) in [6.07, 6.45) is -0.555. The summed E-state index contributed by atoms with van der Waals surface area (Å²) >= 11 is 0. The molecule has 1 rings (SSSR count). The van der Waals surface area contributed by atoms with Crippen LogP contribution in [0.15, 0.2) is 24.3 Å². The van der Waals surface area contributed by atoms with E-state index >= 15 is 0 Å². The summed E-state index contributed by atoms with van der Waals surface area (Å²) < 4.78 is 5.39. The number of nitrogens with zero attached hydrogens (tertiary/aromatic N) is 1. The lowest BCUT2D eigenvalue weighted by Gasteiger charge is -2.18. The molecule has 1 aromatic rings. The number of carbonyl (C=O) groups excluding carboxylic acids is 1. The van der Waals surface area contributed by atoms with Crippen molar-refractivity contribution in [3.05, 3.63) is 29.8 Å². The molecule has 0 heterocycles. The second-order valence-corrected chi connectivity index (χ2v) is 3.37. The molecule has 0 fully saturated rings. The van der Waals surface area contributed by atoms with Crippen molar-refractivity contribution < 1.29 is 19.4 Å². The molecular formula is C12H15NO4. The summed E-state index contributed by atoms with van der Waals surface area (Å²) in [5, 5.41) is 8.91. The van der Waals surface area contributed by atoms with E-state index in [9.17, 15) is 9.59 Å². The fraction of sp³-hybridized carbons (Fsp3) is 0.333. The van der Waals surface area contributed by atoms with Crippen LogP contribution in [0.1, 0.15) is 12.5 Å². The van der Waals surface area contributed by atoms with Crippen molar-refractivity contribution in [1.82, 2.24) is 4.90 Å². The number of amides is 1. The summed E-state index contributed by atoms with van der Waals surface area (Å²) in [4.78, 5) is 22.3. The van der Waals surface area contributed by atoms with Gasteiger partial charge in [-0.15, -0.1) is 0 Å². The number of ether oxygens (including phenoxy) is 1. The van der Waals surface area contributed by atoms with Gasteiger partial charge in [0.1, 0.15) is 12.0 Å². The minimum atomic E-state index is -1.12. The lowest BCUT2D eigenvalue weighted by Crippen LogP contribution is -2.30. The number of rotatable bonds is 6. The molecule has 0 saturated carbocycles. The molecule has 0 aromatic heterocycles. The Labute approximate surface area is 99.6 Å². The highest BCUT2D eigenvalue weighted by Gasteiger charge is 2.13. The second-order valence-electron chi connectivity index (χ2n) is 3.37. The Balaban J connectivity index is 2.84. The molecule has 0 aliphatic rings. The minimum Gasteiger partial charge on any atom is -0.494 e. The third kappa shape index (κ3) is 3.79. The van der Waals surface area contributed by atoms with Crippen molar-refractivity contribution in [2.24, 2.45) is 0 Å². The number of benzene rings is 1. The number of carboxylic acid groups (broad SMARTS) is 1. The fourth-order valence-electron chi connectivity index (χ4n) is 1.44. The first-order valence-corrected chi connectivity index (χ1v) is 5.31. The van der Waals surface area contributed by atoms with Gasteiger partial charge in [0, 0.05) is 5.56 Å². The van der Waals surface area contributed by atoms with Gasteiger partial charge < -0.3 is 14.6 Å². The molecule has 5 nitrogen and oxygen atoms in total. The van der Waals surface area contributed by atoms with Crippen LogP contribution in [0.3, 0.4) is 0 Å². The molecule has 92 valence electrons. The van der Waals surface area contributed by atoms with E-state index in [4.69, 9.17) is 9.84 Å². The molecule has 5 heteroatoms. The molecule has 0 spiro atoms. The number of aldehydes is 1. The van der Waals surface area contributed by atoms with Crippen LogP contribution in [0.2, 0.25) is 0 Å². The van der Waals surface area contributed by atoms with Crippen LogP contribution in [-0.4, -0.2) is 35.5 Å². The van der Waals surface area contributed by atoms with Gasteiger partial charge in [0.2, 0.25) is 0 Å². The molecule has 0 aliphatic carbocycles. The third-order valence-electron chi connectivity index (χ3n) is 2.20. The fourth-order valence-corrected chi connectivity index (χ4v) is 1.44. The van der Waals surface area contributed by atoms with E-state index in [1.165, 1.54) is 0 Å². The summed E-state index contributed by atoms with van der Waals surface area (Å²) in [6.45, 7) is 2.37. The number of para-hydroxylation sites is 1. The highest BCUT2D eigenvalue weighted by molar-refractivity contribution is 5.69. The standard InChI is InChI=1S/C12H15NO4/c1-2-17-11-6-4-3-5-10(11)9-13(7-8-14)12(15)16/h3-6,8H,2,7,9H2,1H3,(H,15,16). The lowest BCUT2D eigenvalue weighted by molar-refractivity contribution is -0.108. The monoisotopic (exact) mass is 237 g/mol. The maximum absolute atomic E-state index is 10.9. The Kier molecular flexibility index (Phi) is 5.00. The van der Waals surface area contributed by atoms with Crippen LogP contribution in [0.5, 0.6) is 5.75 Å². The number of hydrogen-bond acceptors (Lipinski definition) is 3. The predicted octanol–water partition coefficient (Wildman–Crippen LogP) is 1.76. The zero-order valence-electron chi connectivity index (χ0n) is 9.63. The molecule has 0 saturated heterocycles. The van der Waals surface area contributed by atoms with E-state index in [-0.39, 0.29) is 13.1 Å². The van der Waals surface area contributed by atoms with Crippen LogP contribution < -0.4 is 4.74 Å². The zero-order chi connectivity index (χ0) is 12.7. The van der Waals surface area contributed by atoms with Crippen molar-refractivity contribution in [3.8, 4) is 5.75 Å². The lowest BCUT2D eigenvalue weighted by atomic mass is 10.2. The third-order valence-corrected chi connectivity index (χ3v) is 2.20. The topological polar surface area (TPSA) is 66.8 Å². The molecule has 0 radical (unpaired) electrons. The molecule has 17 heavy (non-hydrogen) atoms. The molecule has 0 aliphatic heterocycles. The highest BCUT2D eigenvalue weighted by atomic mass is 16.5. The largest absolute Gasteiger partial charge is 0.494 e. The van der Waals surface area contributed by atoms with Crippen LogP contribution in [0.4, 0.5) is 4.79 Å². The first kappa shape index (κ1) is 13.0. The van der Waals surface area contributed by atoms with E-state index in [1.54, 1.807) is 18.2 Å². The molecular weight excluding hydrogens is 222 g/mol. The molecule has 0 unspecified atom stereocenters. The molecule has 1 N–H and O–H groups in total. The Morgan fingerprint density at radius 3 is 2.76 bits per heavy atom. The first-order valence-electron chi connectivity index (χ1n) is 5.31. The van der Waals surface area contributed by atoms with Gasteiger partial charge in [0.05, 0.1) is 19.7 Å². The highest BCUT2D eigenvalue weighted by Crippen LogP contribution is 2.19. The first-order chi connectivity index (χ1) is 8.19. The van der Waals surface area contributed by atoms with Gasteiger partial charge in [-0.1, -0.05) is 18.2 Å². The van der Waals surface area contributed by atoms with Crippen molar-refractivity contribution in [2.45, 2.75) is 13.5 Å². The Morgan fingerprint density at radius 1 is 1.47 bits per heavy atom. The van der Waals surface area contributed by atoms with Crippen LogP contribution in [0, 0.1) is 0 Å². The Bertz CT molecular complexity index is 392. The molecule has 0 atom stereocenters. The zero-order valence-corrected chi connectivity index (χ0v) is 9.63. The van der Waals surface area contributed by atoms with Crippen molar-refractivity contribution in [2.75, 3.05) is 13.2 Å². The molecule has 1 aromatic carbocycles. The summed E-state index contributed by atoms with van der Waals surface area (Å²) in [7, 11) is 0.